The number of carbonyl (C=O) groups is 2. The molecule has 1 rings (SSSR count). The summed E-state index contributed by atoms with van der Waals surface area (Å²) in [5.41, 5.74) is 0. The molecule has 0 aromatic carbocycles. The lowest BCUT2D eigenvalue weighted by Crippen LogP contribution is -2.33. The van der Waals surface area contributed by atoms with Gasteiger partial charge in [0.1, 0.15) is 6.10 Å². The van der Waals surface area contributed by atoms with Crippen molar-refractivity contribution in [2.75, 3.05) is 7.11 Å². The molecule has 0 aromatic heterocycles. The van der Waals surface area contributed by atoms with E-state index in [1.165, 1.54) is 7.11 Å². The van der Waals surface area contributed by atoms with Crippen LogP contribution in [-0.2, 0) is 19.1 Å². The normalized spacial score (nSPS) is 25.2. The molecule has 0 bridgehead atoms. The van der Waals surface area contributed by atoms with E-state index in [2.05, 4.69) is 9.47 Å². The average molecular weight is 254 g/mol. The fourth-order valence-electron chi connectivity index (χ4n) is 1.80. The molecule has 0 heterocycles. The zero-order chi connectivity index (χ0) is 13.1. The summed E-state index contributed by atoms with van der Waals surface area (Å²) < 4.78 is 44.6. The Balaban J connectivity index is 2.38. The second kappa shape index (κ2) is 5.37. The molecular formula is C10H13F3O4. The van der Waals surface area contributed by atoms with Gasteiger partial charge >= 0.3 is 18.1 Å². The second-order valence-electron chi connectivity index (χ2n) is 3.90. The lowest BCUT2D eigenvalue weighted by molar-refractivity contribution is -0.206. The maximum atomic E-state index is 11.9. The van der Waals surface area contributed by atoms with Gasteiger partial charge in [-0.1, -0.05) is 0 Å². The largest absolute Gasteiger partial charge is 0.490 e. The smallest absolute Gasteiger partial charge is 0.469 e. The lowest BCUT2D eigenvalue weighted by Gasteiger charge is -2.26. The van der Waals surface area contributed by atoms with E-state index in [0.717, 1.165) is 0 Å². The van der Waals surface area contributed by atoms with Crippen molar-refractivity contribution in [1.29, 1.82) is 0 Å². The van der Waals surface area contributed by atoms with Crippen LogP contribution in [0.25, 0.3) is 0 Å². The van der Waals surface area contributed by atoms with Gasteiger partial charge in [-0.15, -0.1) is 0 Å². The molecule has 1 fully saturated rings. The molecule has 17 heavy (non-hydrogen) atoms. The summed E-state index contributed by atoms with van der Waals surface area (Å²) in [5.74, 6) is -2.84. The molecule has 0 aliphatic heterocycles. The molecule has 1 aliphatic carbocycles. The van der Waals surface area contributed by atoms with Crippen molar-refractivity contribution in [3.05, 3.63) is 0 Å². The Bertz CT molecular complexity index is 292. The highest BCUT2D eigenvalue weighted by Gasteiger charge is 2.43. The SMILES string of the molecule is COC(=O)C1CCC(OC(=O)C(F)(F)F)CC1. The molecule has 0 unspecified atom stereocenters. The van der Waals surface area contributed by atoms with E-state index in [-0.39, 0.29) is 24.7 Å². The molecule has 0 atom stereocenters. The van der Waals surface area contributed by atoms with Crippen molar-refractivity contribution in [1.82, 2.24) is 0 Å². The molecule has 0 N–H and O–H groups in total. The number of carbonyl (C=O) groups excluding carboxylic acids is 2. The first-order valence-electron chi connectivity index (χ1n) is 5.20. The summed E-state index contributed by atoms with van der Waals surface area (Å²) in [6, 6.07) is 0. The number of alkyl halides is 3. The summed E-state index contributed by atoms with van der Waals surface area (Å²) in [6.45, 7) is 0. The van der Waals surface area contributed by atoms with Gasteiger partial charge in [0.15, 0.2) is 0 Å². The molecule has 98 valence electrons. The molecule has 7 heteroatoms. The van der Waals surface area contributed by atoms with E-state index in [9.17, 15) is 22.8 Å². The van der Waals surface area contributed by atoms with Crippen molar-refractivity contribution in [2.24, 2.45) is 5.92 Å². The Morgan fingerprint density at radius 2 is 1.65 bits per heavy atom. The summed E-state index contributed by atoms with van der Waals surface area (Å²) in [7, 11) is 1.26. The minimum absolute atomic E-state index is 0.252. The number of hydrogen-bond acceptors (Lipinski definition) is 4. The van der Waals surface area contributed by atoms with Gasteiger partial charge in [-0.05, 0) is 25.7 Å². The quantitative estimate of drug-likeness (QED) is 0.705. The summed E-state index contributed by atoms with van der Waals surface area (Å²) in [5, 5.41) is 0. The van der Waals surface area contributed by atoms with Gasteiger partial charge in [0.25, 0.3) is 0 Å². The van der Waals surface area contributed by atoms with Crippen molar-refractivity contribution in [3.63, 3.8) is 0 Å². The minimum atomic E-state index is -4.96. The van der Waals surface area contributed by atoms with Gasteiger partial charge in [-0.2, -0.15) is 13.2 Å². The van der Waals surface area contributed by atoms with Crippen molar-refractivity contribution < 1.29 is 32.2 Å². The Morgan fingerprint density at radius 3 is 2.06 bits per heavy atom. The molecular weight excluding hydrogens is 241 g/mol. The van der Waals surface area contributed by atoms with Crippen LogP contribution in [0, 0.1) is 5.92 Å². The van der Waals surface area contributed by atoms with Gasteiger partial charge in [0, 0.05) is 0 Å². The number of hydrogen-bond donors (Lipinski definition) is 0. The predicted molar refractivity (Wildman–Crippen MR) is 49.9 cm³/mol. The monoisotopic (exact) mass is 254 g/mol. The molecule has 1 aliphatic rings. The van der Waals surface area contributed by atoms with E-state index in [4.69, 9.17) is 0 Å². The van der Waals surface area contributed by atoms with Crippen LogP contribution >= 0.6 is 0 Å². The number of methoxy groups -OCH3 is 1. The van der Waals surface area contributed by atoms with Crippen LogP contribution in [0.5, 0.6) is 0 Å². The maximum absolute atomic E-state index is 11.9. The molecule has 0 amide bonds. The minimum Gasteiger partial charge on any atom is -0.469 e. The highest BCUT2D eigenvalue weighted by Crippen LogP contribution is 2.28. The van der Waals surface area contributed by atoms with Gasteiger partial charge in [-0.3, -0.25) is 4.79 Å². The summed E-state index contributed by atoms with van der Waals surface area (Å²) >= 11 is 0. The zero-order valence-electron chi connectivity index (χ0n) is 9.25. The van der Waals surface area contributed by atoms with Crippen LogP contribution < -0.4 is 0 Å². The van der Waals surface area contributed by atoms with Gasteiger partial charge in [-0.25, -0.2) is 4.79 Å². The highest BCUT2D eigenvalue weighted by atomic mass is 19.4. The third-order valence-electron chi connectivity index (χ3n) is 2.71. The molecule has 0 spiro atoms. The van der Waals surface area contributed by atoms with Crippen molar-refractivity contribution in [3.8, 4) is 0 Å². The van der Waals surface area contributed by atoms with E-state index in [1.54, 1.807) is 0 Å². The summed E-state index contributed by atoms with van der Waals surface area (Å²) in [4.78, 5) is 21.7. The van der Waals surface area contributed by atoms with Crippen LogP contribution in [0.4, 0.5) is 13.2 Å². The van der Waals surface area contributed by atoms with Crippen molar-refractivity contribution >= 4 is 11.9 Å². The second-order valence-corrected chi connectivity index (χ2v) is 3.90. The molecule has 0 aromatic rings. The van der Waals surface area contributed by atoms with E-state index in [1.807, 2.05) is 0 Å². The Labute approximate surface area is 96.1 Å². The zero-order valence-corrected chi connectivity index (χ0v) is 9.25. The average Bonchev–Trinajstić information content (AvgIpc) is 2.27. The van der Waals surface area contributed by atoms with Crippen molar-refractivity contribution in [2.45, 2.75) is 38.0 Å². The summed E-state index contributed by atoms with van der Waals surface area (Å²) in [6.07, 6.45) is -4.46. The first kappa shape index (κ1) is 13.8. The van der Waals surface area contributed by atoms with Gasteiger partial charge < -0.3 is 9.47 Å². The standard InChI is InChI=1S/C10H13F3O4/c1-16-8(14)6-2-4-7(5-3-6)17-9(15)10(11,12)13/h6-7H,2-5H2,1H3. The first-order chi connectivity index (χ1) is 7.84. The fraction of sp³-hybridized carbons (Fsp3) is 0.800. The highest BCUT2D eigenvalue weighted by molar-refractivity contribution is 5.76. The third kappa shape index (κ3) is 3.90. The van der Waals surface area contributed by atoms with Crippen LogP contribution in [0.15, 0.2) is 0 Å². The Morgan fingerprint density at radius 1 is 1.12 bits per heavy atom. The lowest BCUT2D eigenvalue weighted by atomic mass is 9.87. The number of ether oxygens (including phenoxy) is 2. The third-order valence-corrected chi connectivity index (χ3v) is 2.71. The maximum Gasteiger partial charge on any atom is 0.490 e. The molecule has 4 nitrogen and oxygen atoms in total. The molecule has 0 saturated heterocycles. The predicted octanol–water partition coefficient (Wildman–Crippen LogP) is 1.82. The first-order valence-corrected chi connectivity index (χ1v) is 5.20. The Hall–Kier alpha value is -1.27. The van der Waals surface area contributed by atoms with E-state index >= 15 is 0 Å². The van der Waals surface area contributed by atoms with Crippen LogP contribution in [0.3, 0.4) is 0 Å². The molecule has 0 radical (unpaired) electrons. The molecule has 1 saturated carbocycles. The van der Waals surface area contributed by atoms with Gasteiger partial charge in [0.05, 0.1) is 13.0 Å². The van der Waals surface area contributed by atoms with Crippen LogP contribution in [0.1, 0.15) is 25.7 Å². The Kier molecular flexibility index (Phi) is 4.36. The number of esters is 2. The fourth-order valence-corrected chi connectivity index (χ4v) is 1.80. The van der Waals surface area contributed by atoms with Crippen LogP contribution in [0.2, 0.25) is 0 Å². The van der Waals surface area contributed by atoms with Gasteiger partial charge in [0.2, 0.25) is 0 Å². The topological polar surface area (TPSA) is 52.6 Å². The number of rotatable bonds is 2. The van der Waals surface area contributed by atoms with E-state index < -0.39 is 18.2 Å². The van der Waals surface area contributed by atoms with Crippen LogP contribution in [-0.4, -0.2) is 31.3 Å². The number of halogens is 3. The van der Waals surface area contributed by atoms with E-state index in [0.29, 0.717) is 12.8 Å².